The molecule has 0 bridgehead atoms. The molecule has 168 valence electrons. The number of nitrogens with zero attached hydrogens (tertiary/aromatic N) is 1. The summed E-state index contributed by atoms with van der Waals surface area (Å²) in [5.74, 6) is -1.28. The number of esters is 1. The minimum absolute atomic E-state index is 0.00274. The Hall–Kier alpha value is -1.98. The van der Waals surface area contributed by atoms with Gasteiger partial charge in [0.1, 0.15) is 4.90 Å². The summed E-state index contributed by atoms with van der Waals surface area (Å²) >= 11 is 7.64. The van der Waals surface area contributed by atoms with E-state index in [0.717, 1.165) is 4.88 Å². The molecule has 0 aliphatic carbocycles. The molecule has 1 aromatic carbocycles. The topological polar surface area (TPSA) is 102 Å². The lowest BCUT2D eigenvalue weighted by atomic mass is 10.2. The highest BCUT2D eigenvalue weighted by Gasteiger charge is 2.34. The molecule has 11 heteroatoms. The van der Waals surface area contributed by atoms with Crippen molar-refractivity contribution in [3.63, 3.8) is 0 Å². The molecule has 1 fully saturated rings. The number of rotatable bonds is 7. The van der Waals surface area contributed by atoms with Crippen LogP contribution in [-0.4, -0.2) is 56.5 Å². The number of nitrogens with one attached hydrogen (secondary N) is 1. The lowest BCUT2D eigenvalue weighted by Crippen LogP contribution is -2.48. The van der Waals surface area contributed by atoms with Crippen LogP contribution in [0.2, 0.25) is 5.02 Å². The first-order chi connectivity index (χ1) is 14.7. The van der Waals surface area contributed by atoms with Crippen LogP contribution in [0.1, 0.15) is 29.1 Å². The van der Waals surface area contributed by atoms with Crippen LogP contribution in [0.4, 0.5) is 0 Å². The van der Waals surface area contributed by atoms with Crippen LogP contribution >= 0.6 is 22.9 Å². The molecule has 8 nitrogen and oxygen atoms in total. The van der Waals surface area contributed by atoms with Gasteiger partial charge in [-0.15, -0.1) is 11.3 Å². The minimum Gasteiger partial charge on any atom is -0.452 e. The van der Waals surface area contributed by atoms with Crippen molar-refractivity contribution < 1.29 is 27.5 Å². The van der Waals surface area contributed by atoms with Gasteiger partial charge in [0.05, 0.1) is 29.3 Å². The van der Waals surface area contributed by atoms with Crippen molar-refractivity contribution in [1.82, 2.24) is 9.62 Å². The average molecular weight is 487 g/mol. The highest BCUT2D eigenvalue weighted by molar-refractivity contribution is 7.89. The first kappa shape index (κ1) is 23.7. The first-order valence-corrected chi connectivity index (χ1v) is 12.3. The Bertz CT molecular complexity index is 1030. The highest BCUT2D eigenvalue weighted by atomic mass is 35.5. The van der Waals surface area contributed by atoms with Gasteiger partial charge in [0, 0.05) is 18.0 Å². The molecule has 0 spiro atoms. The second kappa shape index (κ2) is 10.1. The van der Waals surface area contributed by atoms with Gasteiger partial charge >= 0.3 is 5.97 Å². The largest absolute Gasteiger partial charge is 0.452 e. The Morgan fingerprint density at radius 2 is 1.97 bits per heavy atom. The monoisotopic (exact) mass is 486 g/mol. The van der Waals surface area contributed by atoms with E-state index in [0.29, 0.717) is 6.54 Å². The minimum atomic E-state index is -3.94. The van der Waals surface area contributed by atoms with Gasteiger partial charge in [-0.25, -0.2) is 13.2 Å². The third-order valence-corrected chi connectivity index (χ3v) is 7.73. The number of hydrogen-bond donors (Lipinski definition) is 1. The van der Waals surface area contributed by atoms with Crippen molar-refractivity contribution in [1.29, 1.82) is 0 Å². The van der Waals surface area contributed by atoms with Crippen LogP contribution in [0.25, 0.3) is 0 Å². The van der Waals surface area contributed by atoms with Crippen LogP contribution < -0.4 is 5.32 Å². The molecule has 2 heterocycles. The Kier molecular flexibility index (Phi) is 7.71. The number of ether oxygens (including phenoxy) is 2. The summed E-state index contributed by atoms with van der Waals surface area (Å²) in [6.45, 7) is 3.81. The van der Waals surface area contributed by atoms with E-state index in [2.05, 4.69) is 5.32 Å². The van der Waals surface area contributed by atoms with Crippen molar-refractivity contribution in [3.8, 4) is 0 Å². The van der Waals surface area contributed by atoms with E-state index >= 15 is 0 Å². The van der Waals surface area contributed by atoms with Gasteiger partial charge in [0.25, 0.3) is 5.91 Å². The van der Waals surface area contributed by atoms with E-state index in [4.69, 9.17) is 21.1 Å². The predicted octanol–water partition coefficient (Wildman–Crippen LogP) is 2.67. The maximum Gasteiger partial charge on any atom is 0.338 e. The third-order valence-electron chi connectivity index (χ3n) is 4.55. The zero-order chi connectivity index (χ0) is 22.6. The molecule has 3 rings (SSSR count). The van der Waals surface area contributed by atoms with Crippen LogP contribution in [0.5, 0.6) is 0 Å². The first-order valence-electron chi connectivity index (χ1n) is 9.58. The lowest BCUT2D eigenvalue weighted by molar-refractivity contribution is -0.124. The Balaban J connectivity index is 1.66. The molecule has 2 atom stereocenters. The summed E-state index contributed by atoms with van der Waals surface area (Å²) in [6, 6.07) is 7.61. The van der Waals surface area contributed by atoms with Crippen molar-refractivity contribution in [2.45, 2.75) is 37.5 Å². The summed E-state index contributed by atoms with van der Waals surface area (Å²) in [5.41, 5.74) is -0.0108. The van der Waals surface area contributed by atoms with E-state index in [1.165, 1.54) is 33.8 Å². The molecule has 1 aliphatic heterocycles. The molecule has 1 aliphatic rings. The fourth-order valence-electron chi connectivity index (χ4n) is 3.16. The van der Waals surface area contributed by atoms with Gasteiger partial charge in [0.15, 0.2) is 6.61 Å². The zero-order valence-electron chi connectivity index (χ0n) is 17.0. The Morgan fingerprint density at radius 1 is 1.26 bits per heavy atom. The fourth-order valence-corrected chi connectivity index (χ4v) is 5.89. The molecule has 31 heavy (non-hydrogen) atoms. The quantitative estimate of drug-likeness (QED) is 0.604. The number of halogens is 1. The van der Waals surface area contributed by atoms with E-state index in [1.54, 1.807) is 13.8 Å². The predicted molar refractivity (Wildman–Crippen MR) is 117 cm³/mol. The number of carbonyl (C=O) groups is 2. The van der Waals surface area contributed by atoms with Gasteiger partial charge < -0.3 is 14.8 Å². The van der Waals surface area contributed by atoms with E-state index in [1.807, 2.05) is 17.5 Å². The van der Waals surface area contributed by atoms with E-state index in [-0.39, 0.29) is 40.8 Å². The molecular weight excluding hydrogens is 464 g/mol. The maximum atomic E-state index is 13.1. The number of carbonyl (C=O) groups excluding carboxylic acids is 2. The van der Waals surface area contributed by atoms with E-state index < -0.39 is 28.5 Å². The summed E-state index contributed by atoms with van der Waals surface area (Å²) < 4.78 is 38.1. The SMILES string of the molecule is CC1CN(S(=O)(=O)c2cc(C(=O)OCC(=O)NCc3cccs3)ccc2Cl)CC(C)O1. The smallest absolute Gasteiger partial charge is 0.338 e. The number of benzene rings is 1. The number of amides is 1. The standard InChI is InChI=1S/C20H23ClN2O6S2/c1-13-10-23(11-14(2)29-13)31(26,27)18-8-15(5-6-17(18)21)20(25)28-12-19(24)22-9-16-4-3-7-30-16/h3-8,13-14H,9-12H2,1-2H3,(H,22,24). The molecule has 1 aromatic heterocycles. The van der Waals surface area contributed by atoms with Crippen molar-refractivity contribution in [3.05, 3.63) is 51.2 Å². The maximum absolute atomic E-state index is 13.1. The van der Waals surface area contributed by atoms with Gasteiger partial charge in [0.2, 0.25) is 10.0 Å². The van der Waals surface area contributed by atoms with Gasteiger partial charge in [-0.05, 0) is 43.5 Å². The van der Waals surface area contributed by atoms with Crippen LogP contribution in [0.3, 0.4) is 0 Å². The summed E-state index contributed by atoms with van der Waals surface area (Å²) in [4.78, 5) is 25.1. The molecule has 1 saturated heterocycles. The Morgan fingerprint density at radius 3 is 2.61 bits per heavy atom. The number of thiophene rings is 1. The molecule has 2 unspecified atom stereocenters. The highest BCUT2D eigenvalue weighted by Crippen LogP contribution is 2.28. The third kappa shape index (κ3) is 6.05. The van der Waals surface area contributed by atoms with Gasteiger partial charge in [-0.2, -0.15) is 4.31 Å². The molecular formula is C20H23ClN2O6S2. The lowest BCUT2D eigenvalue weighted by Gasteiger charge is -2.34. The van der Waals surface area contributed by atoms with Crippen molar-refractivity contribution >= 4 is 44.8 Å². The van der Waals surface area contributed by atoms with Crippen molar-refractivity contribution in [2.75, 3.05) is 19.7 Å². The van der Waals surface area contributed by atoms with Crippen LogP contribution in [0, 0.1) is 0 Å². The molecule has 0 saturated carbocycles. The molecule has 0 radical (unpaired) electrons. The van der Waals surface area contributed by atoms with E-state index in [9.17, 15) is 18.0 Å². The van der Waals surface area contributed by atoms with Gasteiger partial charge in [-0.1, -0.05) is 17.7 Å². The number of sulfonamides is 1. The number of morpholine rings is 1. The second-order valence-corrected chi connectivity index (χ2v) is 10.5. The second-order valence-electron chi connectivity index (χ2n) is 7.16. The fraction of sp³-hybridized carbons (Fsp3) is 0.400. The number of hydrogen-bond acceptors (Lipinski definition) is 7. The molecule has 1 N–H and O–H groups in total. The summed E-state index contributed by atoms with van der Waals surface area (Å²) in [6.07, 6.45) is -0.531. The Labute approximate surface area is 190 Å². The van der Waals surface area contributed by atoms with Crippen LogP contribution in [0.15, 0.2) is 40.6 Å². The molecule has 2 aromatic rings. The average Bonchev–Trinajstić information content (AvgIpc) is 3.23. The van der Waals surface area contributed by atoms with Crippen molar-refractivity contribution in [2.24, 2.45) is 0 Å². The molecule has 1 amide bonds. The van der Waals surface area contributed by atoms with Crippen LogP contribution in [-0.2, 0) is 30.8 Å². The summed E-state index contributed by atoms with van der Waals surface area (Å²) in [5, 5.41) is 4.54. The zero-order valence-corrected chi connectivity index (χ0v) is 19.4. The summed E-state index contributed by atoms with van der Waals surface area (Å²) in [7, 11) is -3.94. The normalized spacial score (nSPS) is 19.7. The van der Waals surface area contributed by atoms with Gasteiger partial charge in [-0.3, -0.25) is 4.79 Å².